The van der Waals surface area contributed by atoms with Crippen LogP contribution < -0.4 is 15.8 Å². The van der Waals surface area contributed by atoms with Crippen LogP contribution in [0.2, 0.25) is 0 Å². The van der Waals surface area contributed by atoms with Crippen molar-refractivity contribution in [2.75, 3.05) is 4.90 Å². The van der Waals surface area contributed by atoms with Crippen LogP contribution in [0.1, 0.15) is 22.3 Å². The van der Waals surface area contributed by atoms with E-state index in [-0.39, 0.29) is 6.85 Å². The first-order valence-corrected chi connectivity index (χ1v) is 21.1. The van der Waals surface area contributed by atoms with Crippen LogP contribution in [0.25, 0.3) is 73.6 Å². The van der Waals surface area contributed by atoms with Crippen LogP contribution in [-0.4, -0.2) is 11.3 Å². The third-order valence-electron chi connectivity index (χ3n) is 13.6. The Morgan fingerprint density at radius 3 is 1.91 bits per heavy atom. The van der Waals surface area contributed by atoms with Gasteiger partial charge in [-0.05, 0) is 74.1 Å². The number of hydrogen-bond acceptors (Lipinski definition) is 3. The third-order valence-corrected chi connectivity index (χ3v) is 15.9. The van der Waals surface area contributed by atoms with E-state index >= 15 is 0 Å². The number of aromatic nitrogens is 1. The Bertz CT molecular complexity index is 3590. The smallest absolute Gasteiger partial charge is 0.333 e. The van der Waals surface area contributed by atoms with Crippen molar-refractivity contribution in [3.63, 3.8) is 0 Å². The summed E-state index contributed by atoms with van der Waals surface area (Å²) in [6.07, 6.45) is 0. The van der Waals surface area contributed by atoms with Gasteiger partial charge in [-0.3, -0.25) is 0 Å². The molecule has 0 radical (unpaired) electrons. The van der Waals surface area contributed by atoms with Crippen LogP contribution in [0.3, 0.4) is 0 Å². The highest BCUT2D eigenvalue weighted by Gasteiger charge is 2.55. The van der Waals surface area contributed by atoms with Gasteiger partial charge in [0.15, 0.2) is 0 Å². The van der Waals surface area contributed by atoms with Gasteiger partial charge in [-0.2, -0.15) is 0 Å². The monoisotopic (exact) mass is 742 g/mol. The molecule has 0 bridgehead atoms. The number of rotatable bonds is 0. The van der Waals surface area contributed by atoms with E-state index in [4.69, 9.17) is 0 Å². The molecule has 3 aliphatic heterocycles. The second kappa shape index (κ2) is 9.69. The quantitative estimate of drug-likeness (QED) is 0.141. The van der Waals surface area contributed by atoms with E-state index in [0.717, 1.165) is 0 Å². The molecule has 0 atom stereocenters. The Labute approximate surface area is 330 Å². The predicted molar refractivity (Wildman–Crippen MR) is 239 cm³/mol. The fraction of sp³-hybridized carbons (Fsp3) is 0.0196. The average Bonchev–Trinajstić information content (AvgIpc) is 3.99. The number of anilines is 3. The number of para-hydroxylation sites is 3. The molecular weight excluding hydrogens is 716 g/mol. The van der Waals surface area contributed by atoms with Gasteiger partial charge in [0.1, 0.15) is 0 Å². The lowest BCUT2D eigenvalue weighted by molar-refractivity contribution is 0.753. The third kappa shape index (κ3) is 3.03. The molecule has 0 N–H and O–H groups in total. The van der Waals surface area contributed by atoms with Crippen LogP contribution in [0.4, 0.5) is 17.1 Å². The first-order valence-electron chi connectivity index (χ1n) is 19.5. The van der Waals surface area contributed by atoms with E-state index in [1.54, 1.807) is 0 Å². The molecule has 1 spiro atoms. The van der Waals surface area contributed by atoms with Crippen molar-refractivity contribution in [1.29, 1.82) is 0 Å². The average molecular weight is 743 g/mol. The lowest BCUT2D eigenvalue weighted by Gasteiger charge is -2.49. The second-order valence-electron chi connectivity index (χ2n) is 15.8. The minimum atomic E-state index is -0.462. The fourth-order valence-corrected chi connectivity index (χ4v) is 14.1. The van der Waals surface area contributed by atoms with Crippen molar-refractivity contribution in [3.8, 4) is 22.3 Å². The maximum Gasteiger partial charge on any atom is 0.333 e. The Balaban J connectivity index is 1.19. The molecule has 0 fully saturated rings. The molecule has 0 amide bonds. The zero-order valence-corrected chi connectivity index (χ0v) is 31.5. The molecule has 11 aromatic rings. The van der Waals surface area contributed by atoms with Crippen molar-refractivity contribution in [2.45, 2.75) is 5.41 Å². The molecule has 1 aliphatic carbocycles. The van der Waals surface area contributed by atoms with Gasteiger partial charge in [0.2, 0.25) is 0 Å². The van der Waals surface area contributed by atoms with Gasteiger partial charge in [-0.25, -0.2) is 0 Å². The maximum atomic E-state index is 2.77. The van der Waals surface area contributed by atoms with Gasteiger partial charge in [0, 0.05) is 58.1 Å². The van der Waals surface area contributed by atoms with Gasteiger partial charge < -0.3 is 9.38 Å². The summed E-state index contributed by atoms with van der Waals surface area (Å²) in [4.78, 5) is 2.67. The summed E-state index contributed by atoms with van der Waals surface area (Å²) in [5.74, 6) is 0. The standard InChI is InChI=1S/C51H27BN2S2/c1-5-19-34-28(13-1)29-14-2-6-20-35(29)51(34)36-21-7-8-24-39(36)53-40-27-43-44(30-15-3-9-25-41(30)55-43)45-32-17-11-18-33-47(32)54(48-31-16-4-10-26-42(31)56-50(33)48)52(46(40)45)38-23-12-22-37(51)49(38)53/h1-27H. The highest BCUT2D eigenvalue weighted by atomic mass is 32.1. The normalized spacial score (nSPS) is 14.9. The summed E-state index contributed by atoms with van der Waals surface area (Å²) in [5.41, 5.74) is 19.8. The van der Waals surface area contributed by atoms with Gasteiger partial charge in [-0.1, -0.05) is 140 Å². The Morgan fingerprint density at radius 2 is 1.09 bits per heavy atom. The Hall–Kier alpha value is -6.40. The molecule has 0 saturated carbocycles. The van der Waals surface area contributed by atoms with E-state index in [1.165, 1.54) is 124 Å². The van der Waals surface area contributed by atoms with Gasteiger partial charge in [0.05, 0.1) is 21.3 Å². The zero-order valence-electron chi connectivity index (χ0n) is 29.9. The topological polar surface area (TPSA) is 8.17 Å². The lowest BCUT2D eigenvalue weighted by atomic mass is 9.43. The first-order chi connectivity index (χ1) is 27.8. The Kier molecular flexibility index (Phi) is 5.01. The molecule has 4 aliphatic rings. The van der Waals surface area contributed by atoms with Gasteiger partial charge in [0.25, 0.3) is 0 Å². The van der Waals surface area contributed by atoms with Crippen LogP contribution in [0, 0.1) is 0 Å². The maximum absolute atomic E-state index is 2.77. The van der Waals surface area contributed by atoms with Gasteiger partial charge in [-0.15, -0.1) is 22.7 Å². The predicted octanol–water partition coefficient (Wildman–Crippen LogP) is 12.5. The zero-order chi connectivity index (χ0) is 36.0. The molecule has 2 nitrogen and oxygen atoms in total. The van der Waals surface area contributed by atoms with Crippen molar-refractivity contribution >= 4 is 109 Å². The molecule has 8 aromatic carbocycles. The summed E-state index contributed by atoms with van der Waals surface area (Å²) in [6, 6.07) is 62.6. The van der Waals surface area contributed by atoms with Crippen molar-refractivity contribution in [1.82, 2.24) is 4.48 Å². The summed E-state index contributed by atoms with van der Waals surface area (Å²) in [5, 5.41) is 5.44. The Morgan fingerprint density at radius 1 is 0.464 bits per heavy atom. The van der Waals surface area contributed by atoms with Crippen LogP contribution in [0.15, 0.2) is 164 Å². The molecule has 3 aromatic heterocycles. The SMILES string of the molecule is c1ccc2c(c1)-c1ccccc1C21c2ccccc2N2c3cc4sc5ccccc5c4c4c3B(c3cccc1c32)n1c2c-4cccc2c2sc3ccccc3c21. The number of fused-ring (bicyclic) bond motifs is 22. The van der Waals surface area contributed by atoms with Crippen molar-refractivity contribution in [2.24, 2.45) is 0 Å². The second-order valence-corrected chi connectivity index (χ2v) is 18.0. The minimum absolute atomic E-state index is 0.0172. The molecule has 5 heteroatoms. The van der Waals surface area contributed by atoms with Crippen molar-refractivity contribution in [3.05, 3.63) is 186 Å². The highest BCUT2D eigenvalue weighted by molar-refractivity contribution is 7.27. The molecule has 15 rings (SSSR count). The number of benzene rings is 8. The molecule has 56 heavy (non-hydrogen) atoms. The van der Waals surface area contributed by atoms with E-state index in [1.807, 2.05) is 22.7 Å². The summed E-state index contributed by atoms with van der Waals surface area (Å²) in [6.45, 7) is -0.0172. The first kappa shape index (κ1) is 29.0. The van der Waals surface area contributed by atoms with Crippen molar-refractivity contribution < 1.29 is 0 Å². The molecular formula is C51H27BN2S2. The van der Waals surface area contributed by atoms with Crippen LogP contribution in [-0.2, 0) is 5.41 Å². The van der Waals surface area contributed by atoms with Crippen LogP contribution >= 0.6 is 22.7 Å². The summed E-state index contributed by atoms with van der Waals surface area (Å²) in [7, 11) is 0. The minimum Gasteiger partial charge on any atom is -0.374 e. The van der Waals surface area contributed by atoms with E-state index in [9.17, 15) is 0 Å². The molecule has 0 saturated heterocycles. The number of thiophene rings is 2. The largest absolute Gasteiger partial charge is 0.374 e. The molecule has 256 valence electrons. The number of nitrogens with zero attached hydrogens (tertiary/aromatic N) is 2. The lowest BCUT2D eigenvalue weighted by Crippen LogP contribution is -2.58. The van der Waals surface area contributed by atoms with Gasteiger partial charge >= 0.3 is 6.85 Å². The van der Waals surface area contributed by atoms with E-state index in [0.29, 0.717) is 0 Å². The number of hydrogen-bond donors (Lipinski definition) is 0. The molecule has 6 heterocycles. The van der Waals surface area contributed by atoms with E-state index < -0.39 is 5.41 Å². The summed E-state index contributed by atoms with van der Waals surface area (Å²) < 4.78 is 8.18. The fourth-order valence-electron chi connectivity index (χ4n) is 11.7. The highest BCUT2D eigenvalue weighted by Crippen LogP contribution is 2.64. The van der Waals surface area contributed by atoms with E-state index in [2.05, 4.69) is 173 Å². The summed E-state index contributed by atoms with van der Waals surface area (Å²) >= 11 is 3.88. The van der Waals surface area contributed by atoms with Crippen LogP contribution in [0.5, 0.6) is 0 Å². The molecule has 0 unspecified atom stereocenters.